The van der Waals surface area contributed by atoms with Crippen LogP contribution in [0.2, 0.25) is 0 Å². The van der Waals surface area contributed by atoms with Gasteiger partial charge in [-0.2, -0.15) is 5.26 Å². The van der Waals surface area contributed by atoms with Gasteiger partial charge in [-0.15, -0.1) is 10.2 Å². The van der Waals surface area contributed by atoms with E-state index in [4.69, 9.17) is 4.42 Å². The molecule has 2 atom stereocenters. The number of hydrogen-bond acceptors (Lipinski definition) is 6. The molecule has 0 aliphatic rings. The summed E-state index contributed by atoms with van der Waals surface area (Å²) in [5, 5.41) is 21.1. The normalized spacial score (nSPS) is 16.3. The van der Waals surface area contributed by atoms with Crippen LogP contribution in [0.3, 0.4) is 0 Å². The summed E-state index contributed by atoms with van der Waals surface area (Å²) < 4.78 is 5.32. The van der Waals surface area contributed by atoms with Crippen LogP contribution in [0.1, 0.15) is 40.0 Å². The quantitative estimate of drug-likeness (QED) is 0.799. The van der Waals surface area contributed by atoms with Gasteiger partial charge < -0.3 is 4.42 Å². The summed E-state index contributed by atoms with van der Waals surface area (Å²) in [5.74, 6) is 0.563. The van der Waals surface area contributed by atoms with Gasteiger partial charge in [0, 0.05) is 18.2 Å². The second kappa shape index (κ2) is 6.21. The van der Waals surface area contributed by atoms with E-state index in [1.807, 2.05) is 20.8 Å². The summed E-state index contributed by atoms with van der Waals surface area (Å²) in [5.41, 5.74) is -0.532. The van der Waals surface area contributed by atoms with Crippen LogP contribution in [0, 0.1) is 18.3 Å². The zero-order valence-corrected chi connectivity index (χ0v) is 12.3. The second-order valence-corrected chi connectivity index (χ2v) is 6.35. The van der Waals surface area contributed by atoms with Gasteiger partial charge in [0.2, 0.25) is 5.89 Å². The van der Waals surface area contributed by atoms with Crippen LogP contribution in [0.4, 0.5) is 0 Å². The van der Waals surface area contributed by atoms with Crippen molar-refractivity contribution in [3.63, 3.8) is 0 Å². The minimum Gasteiger partial charge on any atom is -0.416 e. The van der Waals surface area contributed by atoms with Crippen LogP contribution >= 0.6 is 11.8 Å². The number of thioether (sulfide) groups is 1. The Morgan fingerprint density at radius 1 is 1.44 bits per heavy atom. The van der Waals surface area contributed by atoms with Gasteiger partial charge in [-0.25, -0.2) is 0 Å². The van der Waals surface area contributed by atoms with Crippen molar-refractivity contribution in [1.82, 2.24) is 15.5 Å². The minimum atomic E-state index is -0.532. The first-order valence-electron chi connectivity index (χ1n) is 6.00. The Morgan fingerprint density at radius 3 is 2.56 bits per heavy atom. The number of rotatable bonds is 6. The molecule has 18 heavy (non-hydrogen) atoms. The second-order valence-electron chi connectivity index (χ2n) is 4.96. The molecule has 0 amide bonds. The van der Waals surface area contributed by atoms with Gasteiger partial charge in [-0.1, -0.05) is 18.7 Å². The lowest BCUT2D eigenvalue weighted by Crippen LogP contribution is -2.46. The van der Waals surface area contributed by atoms with Crippen LogP contribution < -0.4 is 5.32 Å². The third-order valence-corrected chi connectivity index (χ3v) is 3.29. The third kappa shape index (κ3) is 4.67. The Balaban J connectivity index is 2.57. The van der Waals surface area contributed by atoms with E-state index >= 15 is 0 Å². The van der Waals surface area contributed by atoms with E-state index in [1.54, 1.807) is 6.92 Å². The van der Waals surface area contributed by atoms with Crippen molar-refractivity contribution in [1.29, 1.82) is 5.26 Å². The number of hydrogen-bond donors (Lipinski definition) is 1. The van der Waals surface area contributed by atoms with Gasteiger partial charge >= 0.3 is 0 Å². The van der Waals surface area contributed by atoms with Gasteiger partial charge in [0.1, 0.15) is 5.54 Å². The number of nitrogens with zero attached hydrogens (tertiary/aromatic N) is 3. The van der Waals surface area contributed by atoms with E-state index in [1.165, 1.54) is 11.8 Å². The average Bonchev–Trinajstić information content (AvgIpc) is 2.62. The highest BCUT2D eigenvalue weighted by atomic mass is 32.2. The first kappa shape index (κ1) is 15.0. The summed E-state index contributed by atoms with van der Waals surface area (Å²) in [6.07, 6.45) is 0.716. The molecule has 1 heterocycles. The molecule has 1 aromatic rings. The monoisotopic (exact) mass is 268 g/mol. The van der Waals surface area contributed by atoms with Crippen LogP contribution in [0.25, 0.3) is 0 Å². The van der Waals surface area contributed by atoms with E-state index < -0.39 is 5.54 Å². The molecule has 1 aromatic heterocycles. The summed E-state index contributed by atoms with van der Waals surface area (Å²) in [7, 11) is 0. The van der Waals surface area contributed by atoms with Crippen molar-refractivity contribution in [3.05, 3.63) is 5.89 Å². The molecular formula is C12H20N4OS. The Hall–Kier alpha value is -1.06. The maximum Gasteiger partial charge on any atom is 0.276 e. The average molecular weight is 268 g/mol. The summed E-state index contributed by atoms with van der Waals surface area (Å²) in [6, 6.07) is 2.62. The van der Waals surface area contributed by atoms with E-state index in [0.717, 1.165) is 0 Å². The van der Waals surface area contributed by atoms with Crippen molar-refractivity contribution < 1.29 is 4.42 Å². The molecule has 0 spiro atoms. The minimum absolute atomic E-state index is 0.223. The van der Waals surface area contributed by atoms with E-state index in [-0.39, 0.29) is 11.3 Å². The van der Waals surface area contributed by atoms with Crippen LogP contribution in [-0.2, 0) is 0 Å². The SMILES string of the molecule is Cc1nnc(SC(C)CC(C)(C#N)NC(C)C)o1. The number of nitriles is 1. The first-order valence-corrected chi connectivity index (χ1v) is 6.88. The van der Waals surface area contributed by atoms with E-state index in [2.05, 4.69) is 28.5 Å². The van der Waals surface area contributed by atoms with Crippen LogP contribution in [0.5, 0.6) is 0 Å². The Labute approximate surface area is 112 Å². The molecular weight excluding hydrogens is 248 g/mol. The van der Waals surface area contributed by atoms with Gasteiger partial charge in [-0.3, -0.25) is 5.32 Å². The van der Waals surface area contributed by atoms with Crippen molar-refractivity contribution in [2.75, 3.05) is 0 Å². The maximum atomic E-state index is 9.28. The van der Waals surface area contributed by atoms with Crippen LogP contribution in [0.15, 0.2) is 9.64 Å². The molecule has 0 saturated carbocycles. The Morgan fingerprint density at radius 2 is 2.11 bits per heavy atom. The van der Waals surface area contributed by atoms with Crippen molar-refractivity contribution >= 4 is 11.8 Å². The van der Waals surface area contributed by atoms with Gasteiger partial charge in [0.25, 0.3) is 5.22 Å². The summed E-state index contributed by atoms with van der Waals surface area (Å²) in [4.78, 5) is 0. The van der Waals surface area contributed by atoms with Crippen molar-refractivity contribution in [2.45, 2.75) is 63.1 Å². The fourth-order valence-electron chi connectivity index (χ4n) is 1.89. The molecule has 0 aliphatic heterocycles. The third-order valence-electron chi connectivity index (χ3n) is 2.36. The Kier molecular flexibility index (Phi) is 5.17. The fraction of sp³-hybridized carbons (Fsp3) is 0.750. The standard InChI is InChI=1S/C12H20N4OS/c1-8(2)14-12(5,7-13)6-9(3)18-11-16-15-10(4)17-11/h8-9,14H,6H2,1-5H3. The highest BCUT2D eigenvalue weighted by Crippen LogP contribution is 2.27. The molecule has 0 saturated heterocycles. The highest BCUT2D eigenvalue weighted by Gasteiger charge is 2.28. The molecule has 0 aromatic carbocycles. The van der Waals surface area contributed by atoms with Crippen molar-refractivity contribution in [2.24, 2.45) is 0 Å². The predicted octanol–water partition coefficient (Wildman–Crippen LogP) is 2.53. The van der Waals surface area contributed by atoms with Gasteiger partial charge in [0.05, 0.1) is 6.07 Å². The smallest absolute Gasteiger partial charge is 0.276 e. The topological polar surface area (TPSA) is 74.7 Å². The molecule has 100 valence electrons. The molecule has 0 aliphatic carbocycles. The van der Waals surface area contributed by atoms with Gasteiger partial charge in [-0.05, 0) is 27.2 Å². The lowest BCUT2D eigenvalue weighted by Gasteiger charge is -2.28. The predicted molar refractivity (Wildman–Crippen MR) is 71.3 cm³/mol. The molecule has 5 nitrogen and oxygen atoms in total. The lowest BCUT2D eigenvalue weighted by molar-refractivity contribution is 0.380. The van der Waals surface area contributed by atoms with Crippen molar-refractivity contribution in [3.8, 4) is 6.07 Å². The Bertz CT molecular complexity index is 426. The molecule has 0 fully saturated rings. The zero-order valence-electron chi connectivity index (χ0n) is 11.5. The molecule has 0 bridgehead atoms. The first-order chi connectivity index (χ1) is 8.34. The molecule has 1 rings (SSSR count). The van der Waals surface area contributed by atoms with E-state index in [0.29, 0.717) is 17.5 Å². The number of aromatic nitrogens is 2. The lowest BCUT2D eigenvalue weighted by atomic mass is 9.97. The molecule has 6 heteroatoms. The zero-order chi connectivity index (χ0) is 13.8. The number of aryl methyl sites for hydroxylation is 1. The summed E-state index contributed by atoms with van der Waals surface area (Å²) >= 11 is 1.50. The highest BCUT2D eigenvalue weighted by molar-refractivity contribution is 7.99. The number of nitrogens with one attached hydrogen (secondary N) is 1. The van der Waals surface area contributed by atoms with E-state index in [9.17, 15) is 5.26 Å². The largest absolute Gasteiger partial charge is 0.416 e. The summed E-state index contributed by atoms with van der Waals surface area (Å²) in [6.45, 7) is 9.82. The molecule has 2 unspecified atom stereocenters. The fourth-order valence-corrected chi connectivity index (χ4v) is 2.91. The molecule has 0 radical (unpaired) electrons. The van der Waals surface area contributed by atoms with Crippen LogP contribution in [-0.4, -0.2) is 27.0 Å². The van der Waals surface area contributed by atoms with Gasteiger partial charge in [0.15, 0.2) is 0 Å². The molecule has 1 N–H and O–H groups in total. The maximum absolute atomic E-state index is 9.28.